The van der Waals surface area contributed by atoms with Crippen LogP contribution in [0.2, 0.25) is 0 Å². The molecule has 0 radical (unpaired) electrons. The Hall–Kier alpha value is -3.48. The monoisotopic (exact) mass is 377 g/mol. The number of aryl methyl sites for hydroxylation is 1. The summed E-state index contributed by atoms with van der Waals surface area (Å²) >= 11 is 0. The predicted octanol–water partition coefficient (Wildman–Crippen LogP) is 4.01. The first-order valence-electron chi connectivity index (χ1n) is 8.92. The lowest BCUT2D eigenvalue weighted by Crippen LogP contribution is -2.04. The number of pyridine rings is 3. The van der Waals surface area contributed by atoms with E-state index in [9.17, 15) is 4.39 Å². The van der Waals surface area contributed by atoms with Crippen LogP contribution in [0, 0.1) is 12.7 Å². The summed E-state index contributed by atoms with van der Waals surface area (Å²) in [6, 6.07) is 7.61. The first kappa shape index (κ1) is 17.9. The molecule has 0 aliphatic heterocycles. The van der Waals surface area contributed by atoms with Crippen LogP contribution in [0.25, 0.3) is 11.0 Å². The van der Waals surface area contributed by atoms with Gasteiger partial charge >= 0.3 is 0 Å². The number of nitrogens with zero attached hydrogens (tertiary/aromatic N) is 3. The largest absolute Gasteiger partial charge is 0.481 e. The lowest BCUT2D eigenvalue weighted by Gasteiger charge is -2.08. The van der Waals surface area contributed by atoms with Gasteiger partial charge in [-0.2, -0.15) is 0 Å². The SMILES string of the molecule is COc1cc(CNc2ccc(Cc3c[nH]c4ncc(C)cc34)cn2)c(F)cn1. The van der Waals surface area contributed by atoms with E-state index in [2.05, 4.69) is 31.3 Å². The van der Waals surface area contributed by atoms with Crippen molar-refractivity contribution in [2.45, 2.75) is 19.9 Å². The first-order valence-corrected chi connectivity index (χ1v) is 8.92. The number of anilines is 1. The molecule has 0 saturated heterocycles. The zero-order chi connectivity index (χ0) is 19.5. The van der Waals surface area contributed by atoms with E-state index in [0.29, 0.717) is 23.8 Å². The molecule has 28 heavy (non-hydrogen) atoms. The molecule has 4 aromatic rings. The van der Waals surface area contributed by atoms with Gasteiger partial charge in [0.2, 0.25) is 5.88 Å². The molecule has 4 rings (SSSR count). The summed E-state index contributed by atoms with van der Waals surface area (Å²) in [5.74, 6) is 0.675. The summed E-state index contributed by atoms with van der Waals surface area (Å²) in [7, 11) is 1.50. The van der Waals surface area contributed by atoms with Crippen molar-refractivity contribution < 1.29 is 9.13 Å². The van der Waals surface area contributed by atoms with Gasteiger partial charge in [0.25, 0.3) is 0 Å². The van der Waals surface area contributed by atoms with Crippen LogP contribution in [0.3, 0.4) is 0 Å². The average Bonchev–Trinajstić information content (AvgIpc) is 3.10. The average molecular weight is 377 g/mol. The summed E-state index contributed by atoms with van der Waals surface area (Å²) in [6.45, 7) is 2.33. The third kappa shape index (κ3) is 3.78. The second-order valence-corrected chi connectivity index (χ2v) is 6.62. The van der Waals surface area contributed by atoms with Crippen LogP contribution in [-0.4, -0.2) is 27.0 Å². The Morgan fingerprint density at radius 2 is 1.96 bits per heavy atom. The minimum atomic E-state index is -0.381. The Bertz CT molecular complexity index is 1110. The molecule has 2 N–H and O–H groups in total. The second kappa shape index (κ2) is 7.64. The zero-order valence-electron chi connectivity index (χ0n) is 15.7. The zero-order valence-corrected chi connectivity index (χ0v) is 15.7. The van der Waals surface area contributed by atoms with E-state index in [1.165, 1.54) is 12.7 Å². The number of fused-ring (bicyclic) bond motifs is 1. The Balaban J connectivity index is 1.44. The van der Waals surface area contributed by atoms with Crippen LogP contribution in [0.1, 0.15) is 22.3 Å². The van der Waals surface area contributed by atoms with E-state index >= 15 is 0 Å². The normalized spacial score (nSPS) is 11.0. The highest BCUT2D eigenvalue weighted by Crippen LogP contribution is 2.21. The molecule has 4 aromatic heterocycles. The Labute approximate surface area is 161 Å². The van der Waals surface area contributed by atoms with Gasteiger partial charge in [0.15, 0.2) is 0 Å². The maximum absolute atomic E-state index is 13.9. The van der Waals surface area contributed by atoms with Gasteiger partial charge in [-0.3, -0.25) is 0 Å². The van der Waals surface area contributed by atoms with Gasteiger partial charge in [-0.05, 0) is 35.7 Å². The molecule has 0 bridgehead atoms. The van der Waals surface area contributed by atoms with Gasteiger partial charge in [0.05, 0.1) is 13.3 Å². The standard InChI is InChI=1S/C21H20FN5O/c1-13-5-17-15(10-27-21(17)26-8-13)6-14-3-4-19(23-9-14)24-11-16-7-20(28-2)25-12-18(16)22/h3-5,7-10,12H,6,11H2,1-2H3,(H,23,24)(H,26,27). The molecule has 0 spiro atoms. The minimum Gasteiger partial charge on any atom is -0.481 e. The quantitative estimate of drug-likeness (QED) is 0.531. The summed E-state index contributed by atoms with van der Waals surface area (Å²) in [4.78, 5) is 15.9. The van der Waals surface area contributed by atoms with Gasteiger partial charge in [-0.15, -0.1) is 0 Å². The van der Waals surface area contributed by atoms with Crippen LogP contribution >= 0.6 is 0 Å². The first-order chi connectivity index (χ1) is 13.6. The van der Waals surface area contributed by atoms with Crippen molar-refractivity contribution in [1.82, 2.24) is 19.9 Å². The van der Waals surface area contributed by atoms with E-state index in [-0.39, 0.29) is 5.82 Å². The number of aromatic amines is 1. The van der Waals surface area contributed by atoms with E-state index in [4.69, 9.17) is 4.74 Å². The molecule has 7 heteroatoms. The molecule has 0 amide bonds. The van der Waals surface area contributed by atoms with Gasteiger partial charge in [-0.1, -0.05) is 6.07 Å². The van der Waals surface area contributed by atoms with Crippen LogP contribution < -0.4 is 10.1 Å². The highest BCUT2D eigenvalue weighted by atomic mass is 19.1. The molecule has 0 aliphatic rings. The molecule has 6 nitrogen and oxygen atoms in total. The number of rotatable bonds is 6. The maximum Gasteiger partial charge on any atom is 0.213 e. The van der Waals surface area contributed by atoms with Crippen LogP contribution in [0.5, 0.6) is 5.88 Å². The molecule has 0 aromatic carbocycles. The van der Waals surface area contributed by atoms with Crippen LogP contribution in [-0.2, 0) is 13.0 Å². The van der Waals surface area contributed by atoms with E-state index in [0.717, 1.165) is 34.8 Å². The van der Waals surface area contributed by atoms with Crippen molar-refractivity contribution in [1.29, 1.82) is 0 Å². The molecular weight excluding hydrogens is 357 g/mol. The van der Waals surface area contributed by atoms with Gasteiger partial charge in [-0.25, -0.2) is 19.3 Å². The smallest absolute Gasteiger partial charge is 0.213 e. The number of halogens is 1. The summed E-state index contributed by atoms with van der Waals surface area (Å²) in [5, 5.41) is 4.25. The van der Waals surface area contributed by atoms with Crippen LogP contribution in [0.4, 0.5) is 10.2 Å². The third-order valence-corrected chi connectivity index (χ3v) is 4.55. The van der Waals surface area contributed by atoms with Crippen molar-refractivity contribution in [2.75, 3.05) is 12.4 Å². The van der Waals surface area contributed by atoms with Gasteiger partial charge in [0, 0.05) is 48.6 Å². The fraction of sp³-hybridized carbons (Fsp3) is 0.190. The van der Waals surface area contributed by atoms with Crippen molar-refractivity contribution in [3.8, 4) is 5.88 Å². The topological polar surface area (TPSA) is 75.7 Å². The Kier molecular flexibility index (Phi) is 4.89. The minimum absolute atomic E-state index is 0.296. The third-order valence-electron chi connectivity index (χ3n) is 4.55. The fourth-order valence-electron chi connectivity index (χ4n) is 3.05. The van der Waals surface area contributed by atoms with Crippen LogP contribution in [0.15, 0.2) is 49.1 Å². The number of ether oxygens (including phenoxy) is 1. The molecule has 0 unspecified atom stereocenters. The molecule has 142 valence electrons. The number of H-pyrrole nitrogens is 1. The second-order valence-electron chi connectivity index (χ2n) is 6.62. The Morgan fingerprint density at radius 1 is 1.07 bits per heavy atom. The summed E-state index contributed by atoms with van der Waals surface area (Å²) < 4.78 is 18.9. The molecule has 0 saturated carbocycles. The molecular formula is C21H20FN5O. The lowest BCUT2D eigenvalue weighted by molar-refractivity contribution is 0.395. The predicted molar refractivity (Wildman–Crippen MR) is 106 cm³/mol. The number of hydrogen-bond acceptors (Lipinski definition) is 5. The number of hydrogen-bond donors (Lipinski definition) is 2. The molecule has 0 atom stereocenters. The summed E-state index contributed by atoms with van der Waals surface area (Å²) in [6.07, 6.45) is 7.58. The number of aromatic nitrogens is 4. The maximum atomic E-state index is 13.9. The fourth-order valence-corrected chi connectivity index (χ4v) is 3.05. The highest BCUT2D eigenvalue weighted by molar-refractivity contribution is 5.80. The van der Waals surface area contributed by atoms with Crippen molar-refractivity contribution in [3.63, 3.8) is 0 Å². The molecule has 0 aliphatic carbocycles. The van der Waals surface area contributed by atoms with Gasteiger partial charge in [0.1, 0.15) is 17.3 Å². The van der Waals surface area contributed by atoms with E-state index in [1.54, 1.807) is 6.07 Å². The number of nitrogens with one attached hydrogen (secondary N) is 2. The van der Waals surface area contributed by atoms with E-state index in [1.807, 2.05) is 37.6 Å². The summed E-state index contributed by atoms with van der Waals surface area (Å²) in [5.41, 5.74) is 4.76. The van der Waals surface area contributed by atoms with Crippen molar-refractivity contribution in [3.05, 3.63) is 77.1 Å². The lowest BCUT2D eigenvalue weighted by atomic mass is 10.1. The number of methoxy groups -OCH3 is 1. The van der Waals surface area contributed by atoms with Gasteiger partial charge < -0.3 is 15.0 Å². The highest BCUT2D eigenvalue weighted by Gasteiger charge is 2.08. The van der Waals surface area contributed by atoms with Crippen molar-refractivity contribution in [2.24, 2.45) is 0 Å². The van der Waals surface area contributed by atoms with E-state index < -0.39 is 0 Å². The molecule has 4 heterocycles. The van der Waals surface area contributed by atoms with Crippen molar-refractivity contribution >= 4 is 16.9 Å². The molecule has 0 fully saturated rings. The Morgan fingerprint density at radius 3 is 2.75 bits per heavy atom.